The van der Waals surface area contributed by atoms with Crippen LogP contribution in [0, 0.1) is 5.82 Å². The minimum Gasteiger partial charge on any atom is -0.354 e. The molecule has 3 aromatic heterocycles. The number of ketones is 1. The number of hydrogen-bond acceptors (Lipinski definition) is 7. The van der Waals surface area contributed by atoms with Crippen molar-refractivity contribution < 1.29 is 27.2 Å². The van der Waals surface area contributed by atoms with Crippen molar-refractivity contribution in [3.8, 4) is 11.1 Å². The zero-order chi connectivity index (χ0) is 28.7. The molecule has 0 aliphatic heterocycles. The van der Waals surface area contributed by atoms with Gasteiger partial charge in [-0.2, -0.15) is 23.4 Å². The lowest BCUT2D eigenvalue weighted by atomic mass is 9.98. The number of carbonyl (C=O) groups is 2. The number of alkyl halides is 3. The quantitative estimate of drug-likeness (QED) is 0.220. The van der Waals surface area contributed by atoms with E-state index >= 15 is 0 Å². The maximum Gasteiger partial charge on any atom is 0.417 e. The van der Waals surface area contributed by atoms with E-state index in [1.54, 1.807) is 23.0 Å². The minimum absolute atomic E-state index is 0.0104. The smallest absolute Gasteiger partial charge is 0.354 e. The van der Waals surface area contributed by atoms with Gasteiger partial charge in [0.1, 0.15) is 11.6 Å². The fourth-order valence-corrected chi connectivity index (χ4v) is 4.05. The van der Waals surface area contributed by atoms with Gasteiger partial charge in [0.25, 0.3) is 5.91 Å². The van der Waals surface area contributed by atoms with Crippen LogP contribution in [0.25, 0.3) is 11.1 Å². The van der Waals surface area contributed by atoms with E-state index < -0.39 is 17.6 Å². The predicted octanol–water partition coefficient (Wildman–Crippen LogP) is 4.02. The molecule has 0 saturated heterocycles. The summed E-state index contributed by atoms with van der Waals surface area (Å²) in [7, 11) is 1.52. The molecule has 0 aliphatic carbocycles. The third-order valence-corrected chi connectivity index (χ3v) is 6.01. The van der Waals surface area contributed by atoms with Crippen molar-refractivity contribution in [2.75, 3.05) is 7.05 Å². The molecule has 0 radical (unpaired) electrons. The van der Waals surface area contributed by atoms with E-state index in [1.807, 2.05) is 0 Å². The van der Waals surface area contributed by atoms with Gasteiger partial charge in [-0.1, -0.05) is 11.3 Å². The molecule has 4 rings (SSSR count). The number of aryl methyl sites for hydroxylation is 2. The fourth-order valence-electron chi connectivity index (χ4n) is 4.05. The molecule has 0 fully saturated rings. The zero-order valence-electron chi connectivity index (χ0n) is 21.5. The summed E-state index contributed by atoms with van der Waals surface area (Å²) in [6, 6.07) is 8.76. The molecule has 0 saturated carbocycles. The SMILES string of the molecule is CNC(=O)c1cn(CCCCc2ccc(CC(=O)Cc3cc(-c4ccc(F)cc4C(F)(F)F)ccn3)nn2)nn1. The van der Waals surface area contributed by atoms with Crippen LogP contribution in [0.2, 0.25) is 0 Å². The van der Waals surface area contributed by atoms with Gasteiger partial charge in [-0.3, -0.25) is 19.3 Å². The Bertz CT molecular complexity index is 1490. The third-order valence-electron chi connectivity index (χ3n) is 6.01. The molecule has 4 aromatic rings. The summed E-state index contributed by atoms with van der Waals surface area (Å²) in [6.45, 7) is 0.595. The van der Waals surface area contributed by atoms with Crippen LogP contribution >= 0.6 is 0 Å². The first-order chi connectivity index (χ1) is 19.1. The molecule has 40 heavy (non-hydrogen) atoms. The van der Waals surface area contributed by atoms with Gasteiger partial charge in [0.05, 0.1) is 29.6 Å². The molecule has 13 heteroatoms. The summed E-state index contributed by atoms with van der Waals surface area (Å²) >= 11 is 0. The summed E-state index contributed by atoms with van der Waals surface area (Å²) in [5.41, 5.74) is 0.665. The number of nitrogens with one attached hydrogen (secondary N) is 1. The van der Waals surface area contributed by atoms with Crippen LogP contribution in [0.5, 0.6) is 0 Å². The Hall–Kier alpha value is -4.55. The highest BCUT2D eigenvalue weighted by Gasteiger charge is 2.34. The van der Waals surface area contributed by atoms with Crippen LogP contribution in [0.15, 0.2) is 54.9 Å². The topological polar surface area (TPSA) is 116 Å². The average Bonchev–Trinajstić information content (AvgIpc) is 3.40. The van der Waals surface area contributed by atoms with Gasteiger partial charge >= 0.3 is 6.18 Å². The van der Waals surface area contributed by atoms with Gasteiger partial charge in [0.2, 0.25) is 0 Å². The second-order valence-electron chi connectivity index (χ2n) is 9.03. The number of pyridine rings is 1. The molecule has 0 spiro atoms. The Balaban J connectivity index is 1.29. The van der Waals surface area contributed by atoms with Gasteiger partial charge in [-0.25, -0.2) is 4.39 Å². The van der Waals surface area contributed by atoms with E-state index in [-0.39, 0.29) is 41.4 Å². The van der Waals surface area contributed by atoms with E-state index in [1.165, 1.54) is 25.4 Å². The number of benzene rings is 1. The maximum atomic E-state index is 13.5. The second kappa shape index (κ2) is 12.5. The first-order valence-electron chi connectivity index (χ1n) is 12.4. The first kappa shape index (κ1) is 28.5. The Morgan fingerprint density at radius 3 is 2.40 bits per heavy atom. The van der Waals surface area contributed by atoms with Crippen LogP contribution in [0.3, 0.4) is 0 Å². The molecule has 9 nitrogen and oxygen atoms in total. The Morgan fingerprint density at radius 1 is 0.925 bits per heavy atom. The van der Waals surface area contributed by atoms with Gasteiger partial charge in [0, 0.05) is 31.9 Å². The normalized spacial score (nSPS) is 11.4. The number of nitrogens with zero attached hydrogens (tertiary/aromatic N) is 6. The van der Waals surface area contributed by atoms with Crippen LogP contribution in [-0.4, -0.2) is 48.9 Å². The number of rotatable bonds is 11. The van der Waals surface area contributed by atoms with Crippen LogP contribution in [-0.2, 0) is 36.8 Å². The van der Waals surface area contributed by atoms with Crippen molar-refractivity contribution in [2.45, 2.75) is 44.8 Å². The lowest BCUT2D eigenvalue weighted by Crippen LogP contribution is -2.18. The Morgan fingerprint density at radius 2 is 1.68 bits per heavy atom. The van der Waals surface area contributed by atoms with Crippen LogP contribution in [0.4, 0.5) is 17.6 Å². The summed E-state index contributed by atoms with van der Waals surface area (Å²) in [4.78, 5) is 28.3. The van der Waals surface area contributed by atoms with Crippen molar-refractivity contribution >= 4 is 11.7 Å². The van der Waals surface area contributed by atoms with E-state index in [0.717, 1.165) is 30.7 Å². The Labute approximate surface area is 226 Å². The predicted molar refractivity (Wildman–Crippen MR) is 135 cm³/mol. The van der Waals surface area contributed by atoms with Gasteiger partial charge in [-0.15, -0.1) is 5.10 Å². The largest absolute Gasteiger partial charge is 0.417 e. The van der Waals surface area contributed by atoms with E-state index in [0.29, 0.717) is 30.4 Å². The number of halogens is 4. The highest BCUT2D eigenvalue weighted by molar-refractivity contribution is 5.91. The number of unbranched alkanes of at least 4 members (excludes halogenated alkanes) is 1. The molecule has 0 unspecified atom stereocenters. The number of Topliss-reactive ketones (excluding diaryl/α,β-unsaturated/α-hetero) is 1. The van der Waals surface area contributed by atoms with Crippen molar-refractivity contribution in [1.82, 2.24) is 35.5 Å². The summed E-state index contributed by atoms with van der Waals surface area (Å²) in [5.74, 6) is -1.52. The summed E-state index contributed by atoms with van der Waals surface area (Å²) < 4.78 is 55.3. The monoisotopic (exact) mass is 555 g/mol. The van der Waals surface area contributed by atoms with Crippen molar-refractivity contribution in [2.24, 2.45) is 0 Å². The molecule has 3 heterocycles. The lowest BCUT2D eigenvalue weighted by Gasteiger charge is -2.13. The molecule has 1 amide bonds. The molecule has 0 atom stereocenters. The minimum atomic E-state index is -4.74. The van der Waals surface area contributed by atoms with Gasteiger partial charge < -0.3 is 5.32 Å². The van der Waals surface area contributed by atoms with Gasteiger partial charge in [0.15, 0.2) is 5.69 Å². The summed E-state index contributed by atoms with van der Waals surface area (Å²) in [6.07, 6.45) is 0.293. The average molecular weight is 556 g/mol. The maximum absolute atomic E-state index is 13.5. The zero-order valence-corrected chi connectivity index (χ0v) is 21.5. The molecule has 0 aliphatic rings. The fraction of sp³-hybridized carbons (Fsp3) is 0.296. The van der Waals surface area contributed by atoms with E-state index in [9.17, 15) is 27.2 Å². The van der Waals surface area contributed by atoms with E-state index in [4.69, 9.17) is 0 Å². The first-order valence-corrected chi connectivity index (χ1v) is 12.4. The van der Waals surface area contributed by atoms with Crippen LogP contribution < -0.4 is 5.32 Å². The number of amides is 1. The molecule has 208 valence electrons. The highest BCUT2D eigenvalue weighted by Crippen LogP contribution is 2.37. The molecule has 0 bridgehead atoms. The lowest BCUT2D eigenvalue weighted by molar-refractivity contribution is -0.137. The Kier molecular flexibility index (Phi) is 8.92. The third kappa shape index (κ3) is 7.52. The number of aromatic nitrogens is 6. The van der Waals surface area contributed by atoms with Gasteiger partial charge in [-0.05, 0) is 66.8 Å². The summed E-state index contributed by atoms with van der Waals surface area (Å²) in [5, 5.41) is 18.5. The molecule has 1 N–H and O–H groups in total. The van der Waals surface area contributed by atoms with Crippen LogP contribution in [0.1, 0.15) is 46.0 Å². The molecule has 1 aromatic carbocycles. The number of carbonyl (C=O) groups excluding carboxylic acids is 2. The van der Waals surface area contributed by atoms with Crippen molar-refractivity contribution in [3.05, 3.63) is 89.0 Å². The highest BCUT2D eigenvalue weighted by atomic mass is 19.4. The standard InChI is InChI=1S/C27H25F4N7O2/c1-32-26(40)25-16-38(37-36-25)11-3-2-4-19-6-7-20(35-34-19)14-22(39)15-21-12-17(9-10-33-21)23-8-5-18(28)13-24(23)27(29,30)31/h5-10,12-13,16H,2-4,11,14-15H2,1H3,(H,32,40). The van der Waals surface area contributed by atoms with Crippen molar-refractivity contribution in [1.29, 1.82) is 0 Å². The second-order valence-corrected chi connectivity index (χ2v) is 9.03. The number of hydrogen-bond donors (Lipinski definition) is 1. The van der Waals surface area contributed by atoms with E-state index in [2.05, 4.69) is 30.8 Å². The molecular formula is C27H25F4N7O2. The van der Waals surface area contributed by atoms with Crippen molar-refractivity contribution in [3.63, 3.8) is 0 Å². The molecular weight excluding hydrogens is 530 g/mol.